The van der Waals surface area contributed by atoms with E-state index in [2.05, 4.69) is 5.32 Å². The summed E-state index contributed by atoms with van der Waals surface area (Å²) in [6.45, 7) is 8.21. The number of alkyl carbamates (subject to hydrolysis) is 1. The first-order valence-electron chi connectivity index (χ1n) is 8.82. The van der Waals surface area contributed by atoms with Crippen molar-refractivity contribution in [3.8, 4) is 5.75 Å². The SMILES string of the molecule is C[C@@H](CCCO)Oc1c([C@@H](C)NC(=O)OC(C)(C)C)cccc1C(F)(F)F. The Labute approximate surface area is 157 Å². The van der Waals surface area contributed by atoms with E-state index in [1.165, 1.54) is 12.1 Å². The van der Waals surface area contributed by atoms with Gasteiger partial charge in [0.25, 0.3) is 0 Å². The van der Waals surface area contributed by atoms with Gasteiger partial charge in [0.1, 0.15) is 11.4 Å². The van der Waals surface area contributed by atoms with E-state index in [1.54, 1.807) is 34.6 Å². The number of rotatable bonds is 7. The van der Waals surface area contributed by atoms with E-state index in [4.69, 9.17) is 14.6 Å². The van der Waals surface area contributed by atoms with Gasteiger partial charge in [0, 0.05) is 12.2 Å². The Morgan fingerprint density at radius 1 is 1.22 bits per heavy atom. The third-order valence-electron chi connectivity index (χ3n) is 3.64. The van der Waals surface area contributed by atoms with Crippen molar-refractivity contribution in [2.75, 3.05) is 6.61 Å². The zero-order chi connectivity index (χ0) is 20.8. The predicted octanol–water partition coefficient (Wildman–Crippen LogP) is 4.83. The minimum absolute atomic E-state index is 0.0714. The van der Waals surface area contributed by atoms with Crippen molar-refractivity contribution in [2.45, 2.75) is 71.4 Å². The van der Waals surface area contributed by atoms with Crippen molar-refractivity contribution in [1.82, 2.24) is 5.32 Å². The molecule has 0 aliphatic heterocycles. The number of amides is 1. The van der Waals surface area contributed by atoms with E-state index < -0.39 is 35.6 Å². The van der Waals surface area contributed by atoms with Gasteiger partial charge in [0.05, 0.1) is 17.7 Å². The summed E-state index contributed by atoms with van der Waals surface area (Å²) in [5, 5.41) is 11.4. The first-order chi connectivity index (χ1) is 12.3. The van der Waals surface area contributed by atoms with Crippen molar-refractivity contribution in [2.24, 2.45) is 0 Å². The van der Waals surface area contributed by atoms with Crippen LogP contribution in [0.5, 0.6) is 5.75 Å². The molecule has 27 heavy (non-hydrogen) atoms. The number of para-hydroxylation sites is 1. The molecule has 0 spiro atoms. The Balaban J connectivity index is 3.15. The Hall–Kier alpha value is -1.96. The maximum absolute atomic E-state index is 13.4. The fraction of sp³-hybridized carbons (Fsp3) is 0.632. The molecule has 0 saturated heterocycles. The number of benzene rings is 1. The number of halogens is 3. The molecule has 5 nitrogen and oxygen atoms in total. The van der Waals surface area contributed by atoms with Crippen LogP contribution in [0.2, 0.25) is 0 Å². The molecular weight excluding hydrogens is 363 g/mol. The molecule has 8 heteroatoms. The van der Waals surface area contributed by atoms with Gasteiger partial charge >= 0.3 is 12.3 Å². The van der Waals surface area contributed by atoms with Crippen LogP contribution in [0.4, 0.5) is 18.0 Å². The Kier molecular flexibility index (Phi) is 7.95. The molecule has 154 valence electrons. The van der Waals surface area contributed by atoms with Crippen molar-refractivity contribution >= 4 is 6.09 Å². The lowest BCUT2D eigenvalue weighted by Crippen LogP contribution is -2.34. The summed E-state index contributed by atoms with van der Waals surface area (Å²) < 4.78 is 51.1. The average molecular weight is 391 g/mol. The highest BCUT2D eigenvalue weighted by molar-refractivity contribution is 5.68. The number of carbonyl (C=O) groups excluding carboxylic acids is 1. The van der Waals surface area contributed by atoms with E-state index in [0.717, 1.165) is 6.07 Å². The van der Waals surface area contributed by atoms with Crippen LogP contribution in [0.3, 0.4) is 0 Å². The second kappa shape index (κ2) is 9.30. The number of hydrogen-bond acceptors (Lipinski definition) is 4. The second-order valence-electron chi connectivity index (χ2n) is 7.38. The normalized spacial score (nSPS) is 14.4. The van der Waals surface area contributed by atoms with Gasteiger partial charge in [-0.05, 0) is 53.5 Å². The van der Waals surface area contributed by atoms with Crippen molar-refractivity contribution in [3.05, 3.63) is 29.3 Å². The van der Waals surface area contributed by atoms with Crippen molar-refractivity contribution < 1.29 is 32.5 Å². The Morgan fingerprint density at radius 2 is 1.85 bits per heavy atom. The predicted molar refractivity (Wildman–Crippen MR) is 95.6 cm³/mol. The molecule has 0 aromatic heterocycles. The van der Waals surface area contributed by atoms with Gasteiger partial charge in [-0.15, -0.1) is 0 Å². The summed E-state index contributed by atoms with van der Waals surface area (Å²) in [5.74, 6) is -0.320. The van der Waals surface area contributed by atoms with Crippen LogP contribution in [0, 0.1) is 0 Å². The first kappa shape index (κ1) is 23.1. The monoisotopic (exact) mass is 391 g/mol. The summed E-state index contributed by atoms with van der Waals surface area (Å²) in [4.78, 5) is 12.0. The molecule has 0 bridgehead atoms. The van der Waals surface area contributed by atoms with Crippen LogP contribution >= 0.6 is 0 Å². The van der Waals surface area contributed by atoms with Crippen molar-refractivity contribution in [3.63, 3.8) is 0 Å². The third kappa shape index (κ3) is 7.66. The number of nitrogens with one attached hydrogen (secondary N) is 1. The first-order valence-corrected chi connectivity index (χ1v) is 8.82. The molecular formula is C19H28F3NO4. The molecule has 1 rings (SSSR count). The van der Waals surface area contributed by atoms with Gasteiger partial charge in [-0.3, -0.25) is 0 Å². The zero-order valence-corrected chi connectivity index (χ0v) is 16.3. The molecule has 1 aromatic carbocycles. The lowest BCUT2D eigenvalue weighted by molar-refractivity contribution is -0.139. The fourth-order valence-corrected chi connectivity index (χ4v) is 2.45. The van der Waals surface area contributed by atoms with Crippen LogP contribution in [-0.4, -0.2) is 29.5 Å². The molecule has 0 aliphatic carbocycles. The lowest BCUT2D eigenvalue weighted by Gasteiger charge is -2.26. The quantitative estimate of drug-likeness (QED) is 0.699. The van der Waals surface area contributed by atoms with E-state index in [1.807, 2.05) is 0 Å². The molecule has 0 saturated carbocycles. The molecule has 0 fully saturated rings. The largest absolute Gasteiger partial charge is 0.490 e. The van der Waals surface area contributed by atoms with Gasteiger partial charge in [0.2, 0.25) is 0 Å². The lowest BCUT2D eigenvalue weighted by atomic mass is 10.0. The summed E-state index contributed by atoms with van der Waals surface area (Å²) in [6, 6.07) is 2.93. The Bertz CT molecular complexity index is 626. The zero-order valence-electron chi connectivity index (χ0n) is 16.3. The van der Waals surface area contributed by atoms with Gasteiger partial charge < -0.3 is 19.9 Å². The highest BCUT2D eigenvalue weighted by Gasteiger charge is 2.36. The van der Waals surface area contributed by atoms with E-state index in [9.17, 15) is 18.0 Å². The number of carbonyl (C=O) groups is 1. The number of aliphatic hydroxyl groups is 1. The van der Waals surface area contributed by atoms with Crippen LogP contribution < -0.4 is 10.1 Å². The van der Waals surface area contributed by atoms with Crippen LogP contribution in [0.15, 0.2) is 18.2 Å². The van der Waals surface area contributed by atoms with E-state index >= 15 is 0 Å². The highest BCUT2D eigenvalue weighted by Crippen LogP contribution is 2.40. The maximum atomic E-state index is 13.4. The number of alkyl halides is 3. The average Bonchev–Trinajstić information content (AvgIpc) is 2.49. The summed E-state index contributed by atoms with van der Waals surface area (Å²) in [6.07, 6.45) is -5.06. The number of hydrogen-bond donors (Lipinski definition) is 2. The standard InChI is InChI=1S/C19H28F3NO4/c1-12(8-7-11-24)26-16-14(9-6-10-15(16)19(20,21)22)13(2)23-17(25)27-18(3,4)5/h6,9-10,12-13,24H,7-8,11H2,1-5H3,(H,23,25)/t12-,13+/m0/s1. The summed E-state index contributed by atoms with van der Waals surface area (Å²) in [5.41, 5.74) is -1.43. The van der Waals surface area contributed by atoms with E-state index in [0.29, 0.717) is 12.8 Å². The molecule has 2 N–H and O–H groups in total. The van der Waals surface area contributed by atoms with Gasteiger partial charge in [-0.25, -0.2) is 4.79 Å². The minimum Gasteiger partial charge on any atom is -0.490 e. The highest BCUT2D eigenvalue weighted by atomic mass is 19.4. The Morgan fingerprint density at radius 3 is 2.37 bits per heavy atom. The molecule has 2 atom stereocenters. The van der Waals surface area contributed by atoms with Crippen molar-refractivity contribution in [1.29, 1.82) is 0 Å². The summed E-state index contributed by atoms with van der Waals surface area (Å²) >= 11 is 0. The second-order valence-corrected chi connectivity index (χ2v) is 7.38. The molecule has 0 aliphatic rings. The molecule has 1 amide bonds. The minimum atomic E-state index is -4.60. The summed E-state index contributed by atoms with van der Waals surface area (Å²) in [7, 11) is 0. The van der Waals surface area contributed by atoms with Crippen LogP contribution in [-0.2, 0) is 10.9 Å². The van der Waals surface area contributed by atoms with Crippen LogP contribution in [0.1, 0.15) is 64.6 Å². The fourth-order valence-electron chi connectivity index (χ4n) is 2.45. The van der Waals surface area contributed by atoms with E-state index in [-0.39, 0.29) is 17.9 Å². The molecule has 0 radical (unpaired) electrons. The number of aliphatic hydroxyl groups excluding tert-OH is 1. The van der Waals surface area contributed by atoms with Crippen LogP contribution in [0.25, 0.3) is 0 Å². The van der Waals surface area contributed by atoms with Gasteiger partial charge in [0.15, 0.2) is 0 Å². The topological polar surface area (TPSA) is 67.8 Å². The molecule has 1 aromatic rings. The maximum Gasteiger partial charge on any atom is 0.419 e. The molecule has 0 heterocycles. The van der Waals surface area contributed by atoms with Gasteiger partial charge in [-0.1, -0.05) is 12.1 Å². The number of ether oxygens (including phenoxy) is 2. The van der Waals surface area contributed by atoms with Gasteiger partial charge in [-0.2, -0.15) is 13.2 Å². The smallest absolute Gasteiger partial charge is 0.419 e. The molecule has 0 unspecified atom stereocenters. The third-order valence-corrected chi connectivity index (χ3v) is 3.64.